The second kappa shape index (κ2) is 5.05. The Kier molecular flexibility index (Phi) is 3.91. The SMILES string of the molecule is CCC1(CN2CC(C)CCC2C)CCCN1. The van der Waals surface area contributed by atoms with Gasteiger partial charge in [-0.25, -0.2) is 0 Å². The van der Waals surface area contributed by atoms with Crippen LogP contribution < -0.4 is 5.32 Å². The Morgan fingerprint density at radius 1 is 1.31 bits per heavy atom. The number of nitrogens with one attached hydrogen (secondary N) is 1. The maximum absolute atomic E-state index is 3.76. The van der Waals surface area contributed by atoms with Gasteiger partial charge in [0.2, 0.25) is 0 Å². The zero-order chi connectivity index (χ0) is 11.6. The summed E-state index contributed by atoms with van der Waals surface area (Å²) in [5.41, 5.74) is 0.436. The first-order valence-corrected chi connectivity index (χ1v) is 7.14. The molecule has 0 bridgehead atoms. The summed E-state index contributed by atoms with van der Waals surface area (Å²) in [6.45, 7) is 11.0. The molecular formula is C14H28N2. The van der Waals surface area contributed by atoms with Crippen molar-refractivity contribution < 1.29 is 0 Å². The van der Waals surface area contributed by atoms with Gasteiger partial charge in [0.15, 0.2) is 0 Å². The number of likely N-dealkylation sites (tertiary alicyclic amines) is 1. The quantitative estimate of drug-likeness (QED) is 0.793. The summed E-state index contributed by atoms with van der Waals surface area (Å²) in [5, 5.41) is 3.76. The molecule has 1 N–H and O–H groups in total. The van der Waals surface area contributed by atoms with Crippen molar-refractivity contribution in [3.05, 3.63) is 0 Å². The lowest BCUT2D eigenvalue weighted by Gasteiger charge is -2.42. The van der Waals surface area contributed by atoms with Crippen molar-refractivity contribution in [2.75, 3.05) is 19.6 Å². The summed E-state index contributed by atoms with van der Waals surface area (Å²) in [6.07, 6.45) is 6.84. The molecule has 0 aromatic carbocycles. The normalized spacial score (nSPS) is 41.4. The first kappa shape index (κ1) is 12.4. The Balaban J connectivity index is 1.96. The highest BCUT2D eigenvalue weighted by atomic mass is 15.2. The highest BCUT2D eigenvalue weighted by Crippen LogP contribution is 2.28. The number of nitrogens with zero attached hydrogens (tertiary/aromatic N) is 1. The molecule has 0 aromatic rings. The Morgan fingerprint density at radius 2 is 2.12 bits per heavy atom. The number of piperidine rings is 1. The molecule has 0 saturated carbocycles. The predicted molar refractivity (Wildman–Crippen MR) is 69.7 cm³/mol. The van der Waals surface area contributed by atoms with Gasteiger partial charge in [-0.2, -0.15) is 0 Å². The standard InChI is InChI=1S/C14H28N2/c1-4-14(8-5-9-15-14)11-16-10-12(2)6-7-13(16)3/h12-13,15H,4-11H2,1-3H3. The maximum Gasteiger partial charge on any atom is 0.0306 e. The molecule has 16 heavy (non-hydrogen) atoms. The van der Waals surface area contributed by atoms with E-state index >= 15 is 0 Å². The van der Waals surface area contributed by atoms with Crippen molar-refractivity contribution in [3.63, 3.8) is 0 Å². The summed E-state index contributed by atoms with van der Waals surface area (Å²) < 4.78 is 0. The molecule has 0 radical (unpaired) electrons. The van der Waals surface area contributed by atoms with Crippen LogP contribution in [0.25, 0.3) is 0 Å². The van der Waals surface area contributed by atoms with Gasteiger partial charge in [-0.15, -0.1) is 0 Å². The van der Waals surface area contributed by atoms with Crippen LogP contribution in [-0.4, -0.2) is 36.1 Å². The summed E-state index contributed by atoms with van der Waals surface area (Å²) >= 11 is 0. The molecule has 2 rings (SSSR count). The maximum atomic E-state index is 3.76. The van der Waals surface area contributed by atoms with E-state index in [2.05, 4.69) is 31.0 Å². The van der Waals surface area contributed by atoms with E-state index in [-0.39, 0.29) is 0 Å². The molecule has 2 aliphatic rings. The second-order valence-corrected chi connectivity index (χ2v) is 6.13. The molecule has 3 atom stereocenters. The molecule has 2 aliphatic heterocycles. The molecular weight excluding hydrogens is 196 g/mol. The molecule has 2 nitrogen and oxygen atoms in total. The minimum absolute atomic E-state index is 0.436. The van der Waals surface area contributed by atoms with Crippen LogP contribution in [0.4, 0.5) is 0 Å². The van der Waals surface area contributed by atoms with Crippen LogP contribution in [0, 0.1) is 5.92 Å². The fourth-order valence-electron chi connectivity index (χ4n) is 3.41. The molecule has 2 saturated heterocycles. The zero-order valence-corrected chi connectivity index (χ0v) is 11.3. The Morgan fingerprint density at radius 3 is 2.75 bits per heavy atom. The van der Waals surface area contributed by atoms with Crippen LogP contribution >= 0.6 is 0 Å². The van der Waals surface area contributed by atoms with Gasteiger partial charge >= 0.3 is 0 Å². The van der Waals surface area contributed by atoms with Crippen LogP contribution in [0.3, 0.4) is 0 Å². The average Bonchev–Trinajstić information content (AvgIpc) is 2.73. The van der Waals surface area contributed by atoms with Gasteiger partial charge in [-0.3, -0.25) is 4.90 Å². The van der Waals surface area contributed by atoms with Gasteiger partial charge in [-0.05, 0) is 51.5 Å². The van der Waals surface area contributed by atoms with E-state index in [1.54, 1.807) is 0 Å². The van der Waals surface area contributed by atoms with Crippen molar-refractivity contribution in [2.45, 2.75) is 64.5 Å². The topological polar surface area (TPSA) is 15.3 Å². The van der Waals surface area contributed by atoms with Crippen molar-refractivity contribution in [1.29, 1.82) is 0 Å². The minimum Gasteiger partial charge on any atom is -0.310 e. The van der Waals surface area contributed by atoms with Gasteiger partial charge in [0.05, 0.1) is 0 Å². The minimum atomic E-state index is 0.436. The van der Waals surface area contributed by atoms with E-state index in [4.69, 9.17) is 0 Å². The molecule has 0 aromatic heterocycles. The van der Waals surface area contributed by atoms with E-state index in [1.165, 1.54) is 51.7 Å². The van der Waals surface area contributed by atoms with Crippen LogP contribution in [-0.2, 0) is 0 Å². The van der Waals surface area contributed by atoms with E-state index < -0.39 is 0 Å². The monoisotopic (exact) mass is 224 g/mol. The molecule has 3 unspecified atom stereocenters. The van der Waals surface area contributed by atoms with Crippen molar-refractivity contribution in [2.24, 2.45) is 5.92 Å². The number of hydrogen-bond acceptors (Lipinski definition) is 2. The van der Waals surface area contributed by atoms with Crippen LogP contribution in [0.5, 0.6) is 0 Å². The van der Waals surface area contributed by atoms with Gasteiger partial charge in [-0.1, -0.05) is 13.8 Å². The third-order valence-corrected chi connectivity index (χ3v) is 4.76. The van der Waals surface area contributed by atoms with Crippen molar-refractivity contribution >= 4 is 0 Å². The van der Waals surface area contributed by atoms with Crippen LogP contribution in [0.1, 0.15) is 52.9 Å². The van der Waals surface area contributed by atoms with Crippen LogP contribution in [0.15, 0.2) is 0 Å². The fourth-order valence-corrected chi connectivity index (χ4v) is 3.41. The second-order valence-electron chi connectivity index (χ2n) is 6.13. The molecule has 0 amide bonds. The van der Waals surface area contributed by atoms with Crippen molar-refractivity contribution in [3.8, 4) is 0 Å². The fraction of sp³-hybridized carbons (Fsp3) is 1.00. The Hall–Kier alpha value is -0.0800. The van der Waals surface area contributed by atoms with Crippen LogP contribution in [0.2, 0.25) is 0 Å². The molecule has 2 fully saturated rings. The summed E-state index contributed by atoms with van der Waals surface area (Å²) in [5.74, 6) is 0.895. The lowest BCUT2D eigenvalue weighted by atomic mass is 9.89. The van der Waals surface area contributed by atoms with E-state index in [0.717, 1.165) is 12.0 Å². The first-order chi connectivity index (χ1) is 7.65. The van der Waals surface area contributed by atoms with Gasteiger partial charge < -0.3 is 5.32 Å². The molecule has 0 aliphatic carbocycles. The molecule has 2 heterocycles. The summed E-state index contributed by atoms with van der Waals surface area (Å²) in [7, 11) is 0. The Labute approximate surface area is 101 Å². The highest BCUT2D eigenvalue weighted by molar-refractivity contribution is 4.96. The van der Waals surface area contributed by atoms with E-state index in [9.17, 15) is 0 Å². The van der Waals surface area contributed by atoms with Gasteiger partial charge in [0.1, 0.15) is 0 Å². The average molecular weight is 224 g/mol. The summed E-state index contributed by atoms with van der Waals surface area (Å²) in [6, 6.07) is 0.794. The lowest BCUT2D eigenvalue weighted by molar-refractivity contribution is 0.0879. The number of hydrogen-bond donors (Lipinski definition) is 1. The molecule has 94 valence electrons. The first-order valence-electron chi connectivity index (χ1n) is 7.14. The van der Waals surface area contributed by atoms with E-state index in [1.807, 2.05) is 0 Å². The predicted octanol–water partition coefficient (Wildman–Crippen LogP) is 2.64. The van der Waals surface area contributed by atoms with E-state index in [0.29, 0.717) is 5.54 Å². The van der Waals surface area contributed by atoms with Gasteiger partial charge in [0, 0.05) is 24.7 Å². The zero-order valence-electron chi connectivity index (χ0n) is 11.3. The summed E-state index contributed by atoms with van der Waals surface area (Å²) in [4.78, 5) is 2.73. The van der Waals surface area contributed by atoms with Gasteiger partial charge in [0.25, 0.3) is 0 Å². The largest absolute Gasteiger partial charge is 0.310 e. The lowest BCUT2D eigenvalue weighted by Crippen LogP contribution is -2.54. The highest BCUT2D eigenvalue weighted by Gasteiger charge is 2.35. The Bertz CT molecular complexity index is 221. The van der Waals surface area contributed by atoms with Crippen molar-refractivity contribution in [1.82, 2.24) is 10.2 Å². The molecule has 2 heteroatoms. The third kappa shape index (κ3) is 2.60. The smallest absolute Gasteiger partial charge is 0.0306 e. The number of rotatable bonds is 3. The molecule has 0 spiro atoms. The third-order valence-electron chi connectivity index (χ3n) is 4.76.